The van der Waals surface area contributed by atoms with E-state index in [0.29, 0.717) is 5.56 Å². The molecule has 2 aromatic rings. The Morgan fingerprint density at radius 3 is 2.26 bits per heavy atom. The van der Waals surface area contributed by atoms with Crippen LogP contribution in [0.5, 0.6) is 0 Å². The number of amides is 2. The first-order chi connectivity index (χ1) is 12.7. The average Bonchev–Trinajstić information content (AvgIpc) is 2.64. The Balaban J connectivity index is 2.00. The molecule has 2 rings (SSSR count). The van der Waals surface area contributed by atoms with Crippen molar-refractivity contribution in [2.75, 3.05) is 19.3 Å². The third-order valence-corrected chi connectivity index (χ3v) is 4.50. The number of hydrogen-bond donors (Lipinski definition) is 2. The fourth-order valence-electron chi connectivity index (χ4n) is 2.09. The second-order valence-corrected chi connectivity index (χ2v) is 7.51. The number of pyridine rings is 1. The van der Waals surface area contributed by atoms with Crippen LogP contribution in [-0.4, -0.2) is 49.5 Å². The van der Waals surface area contributed by atoms with Crippen molar-refractivity contribution in [3.63, 3.8) is 0 Å². The van der Waals surface area contributed by atoms with Crippen LogP contribution >= 0.6 is 0 Å². The van der Waals surface area contributed by atoms with Crippen molar-refractivity contribution >= 4 is 27.3 Å². The van der Waals surface area contributed by atoms with E-state index in [-0.39, 0.29) is 29.5 Å². The van der Waals surface area contributed by atoms with Gasteiger partial charge in [-0.25, -0.2) is 8.42 Å². The molecule has 142 valence electrons. The minimum atomic E-state index is -3.73. The summed E-state index contributed by atoms with van der Waals surface area (Å²) in [6.07, 6.45) is 3.81. The lowest BCUT2D eigenvalue weighted by Gasteiger charge is -2.08. The number of nitrogens with zero attached hydrogens (tertiary/aromatic N) is 2. The van der Waals surface area contributed by atoms with Gasteiger partial charge >= 0.3 is 0 Å². The van der Waals surface area contributed by atoms with Crippen LogP contribution in [0.2, 0.25) is 0 Å². The fraction of sp³-hybridized carbons (Fsp3) is 0.188. The monoisotopic (exact) mass is 392 g/mol. The highest BCUT2D eigenvalue weighted by molar-refractivity contribution is 7.90. The molecule has 1 heterocycles. The summed E-state index contributed by atoms with van der Waals surface area (Å²) in [5.74, 6) is -1.06. The number of nitro benzene ring substituents is 1. The average molecular weight is 392 g/mol. The Kier molecular flexibility index (Phi) is 6.19. The number of aromatic nitrogens is 1. The maximum Gasteiger partial charge on any atom is 0.271 e. The van der Waals surface area contributed by atoms with Gasteiger partial charge in [0, 0.05) is 49.4 Å². The molecule has 2 N–H and O–H groups in total. The molecule has 11 heteroatoms. The molecular weight excluding hydrogens is 376 g/mol. The van der Waals surface area contributed by atoms with E-state index in [1.807, 2.05) is 0 Å². The molecule has 0 saturated carbocycles. The minimum absolute atomic E-state index is 0.0434. The van der Waals surface area contributed by atoms with Crippen molar-refractivity contribution in [2.45, 2.75) is 4.90 Å². The molecule has 0 bridgehead atoms. The lowest BCUT2D eigenvalue weighted by Crippen LogP contribution is -2.34. The third kappa shape index (κ3) is 5.57. The highest BCUT2D eigenvalue weighted by atomic mass is 32.2. The van der Waals surface area contributed by atoms with Crippen LogP contribution in [0, 0.1) is 10.1 Å². The summed E-state index contributed by atoms with van der Waals surface area (Å²) >= 11 is 0. The van der Waals surface area contributed by atoms with Crippen molar-refractivity contribution in [2.24, 2.45) is 0 Å². The summed E-state index contributed by atoms with van der Waals surface area (Å²) in [5.41, 5.74) is -0.309. The molecule has 0 aliphatic heterocycles. The second-order valence-electron chi connectivity index (χ2n) is 5.50. The van der Waals surface area contributed by atoms with Gasteiger partial charge in [0.1, 0.15) is 0 Å². The summed E-state index contributed by atoms with van der Waals surface area (Å²) < 4.78 is 23.3. The Labute approximate surface area is 154 Å². The van der Waals surface area contributed by atoms with Gasteiger partial charge in [0.25, 0.3) is 17.5 Å². The molecule has 0 saturated heterocycles. The number of sulfone groups is 1. The van der Waals surface area contributed by atoms with Crippen LogP contribution in [0.15, 0.2) is 47.6 Å². The fourth-order valence-corrected chi connectivity index (χ4v) is 2.76. The van der Waals surface area contributed by atoms with Gasteiger partial charge in [0.05, 0.1) is 15.4 Å². The van der Waals surface area contributed by atoms with Gasteiger partial charge in [0.2, 0.25) is 0 Å². The van der Waals surface area contributed by atoms with Gasteiger partial charge in [-0.1, -0.05) is 0 Å². The molecule has 1 aromatic carbocycles. The van der Waals surface area contributed by atoms with Gasteiger partial charge < -0.3 is 10.6 Å². The molecule has 0 spiro atoms. The highest BCUT2D eigenvalue weighted by Crippen LogP contribution is 2.20. The van der Waals surface area contributed by atoms with Gasteiger partial charge in [-0.2, -0.15) is 0 Å². The zero-order valence-electron chi connectivity index (χ0n) is 14.2. The van der Waals surface area contributed by atoms with Crippen LogP contribution in [-0.2, 0) is 9.84 Å². The number of carbonyl (C=O) groups excluding carboxylic acids is 2. The number of non-ortho nitro benzene ring substituents is 1. The number of nitro groups is 1. The smallest absolute Gasteiger partial charge is 0.271 e. The predicted octanol–water partition coefficient (Wildman–Crippen LogP) is 0.553. The number of rotatable bonds is 7. The molecule has 0 fully saturated rings. The van der Waals surface area contributed by atoms with Crippen LogP contribution < -0.4 is 10.6 Å². The lowest BCUT2D eigenvalue weighted by atomic mass is 10.2. The summed E-state index contributed by atoms with van der Waals surface area (Å²) in [4.78, 5) is 37.7. The molecule has 27 heavy (non-hydrogen) atoms. The van der Waals surface area contributed by atoms with E-state index in [1.54, 1.807) is 12.1 Å². The lowest BCUT2D eigenvalue weighted by molar-refractivity contribution is -0.385. The van der Waals surface area contributed by atoms with Gasteiger partial charge in [-0.05, 0) is 18.2 Å². The first-order valence-corrected chi connectivity index (χ1v) is 9.53. The van der Waals surface area contributed by atoms with Crippen molar-refractivity contribution in [3.05, 3.63) is 64.0 Å². The van der Waals surface area contributed by atoms with Crippen LogP contribution in [0.3, 0.4) is 0 Å². The Bertz CT molecular complexity index is 976. The zero-order chi connectivity index (χ0) is 20.0. The molecule has 2 amide bonds. The molecule has 1 aromatic heterocycles. The number of carbonyl (C=O) groups is 2. The van der Waals surface area contributed by atoms with Gasteiger partial charge in [-0.15, -0.1) is 0 Å². The van der Waals surface area contributed by atoms with E-state index in [9.17, 15) is 28.1 Å². The topological polar surface area (TPSA) is 148 Å². The van der Waals surface area contributed by atoms with Crippen molar-refractivity contribution < 1.29 is 22.9 Å². The Hall–Kier alpha value is -3.34. The Morgan fingerprint density at radius 1 is 1.11 bits per heavy atom. The Morgan fingerprint density at radius 2 is 1.74 bits per heavy atom. The van der Waals surface area contributed by atoms with E-state index in [4.69, 9.17) is 0 Å². The maximum atomic E-state index is 12.2. The quantitative estimate of drug-likeness (QED) is 0.397. The summed E-state index contributed by atoms with van der Waals surface area (Å²) in [6, 6.07) is 6.12. The molecule has 0 aliphatic rings. The van der Waals surface area contributed by atoms with E-state index >= 15 is 0 Å². The number of hydrogen-bond acceptors (Lipinski definition) is 7. The van der Waals surface area contributed by atoms with Gasteiger partial charge in [0.15, 0.2) is 9.84 Å². The summed E-state index contributed by atoms with van der Waals surface area (Å²) in [7, 11) is -3.73. The molecule has 0 aliphatic carbocycles. The van der Waals surface area contributed by atoms with E-state index in [1.165, 1.54) is 12.4 Å². The molecule has 10 nitrogen and oxygen atoms in total. The van der Waals surface area contributed by atoms with Crippen LogP contribution in [0.1, 0.15) is 20.7 Å². The summed E-state index contributed by atoms with van der Waals surface area (Å²) in [5, 5.41) is 16.0. The minimum Gasteiger partial charge on any atom is -0.350 e. The first kappa shape index (κ1) is 20.0. The largest absolute Gasteiger partial charge is 0.350 e. The molecule has 0 unspecified atom stereocenters. The predicted molar refractivity (Wildman–Crippen MR) is 95.1 cm³/mol. The molecular formula is C16H16N4O6S. The molecule has 0 radical (unpaired) electrons. The van der Waals surface area contributed by atoms with Crippen molar-refractivity contribution in [3.8, 4) is 0 Å². The standard InChI is InChI=1S/C16H16N4O6S/c1-27(25,26)14-8-12(7-13(9-14)20(23)24)16(22)19-6-5-18-15(21)11-3-2-4-17-10-11/h2-4,7-10H,5-6H2,1H3,(H,18,21)(H,19,22). The zero-order valence-corrected chi connectivity index (χ0v) is 15.0. The molecule has 0 atom stereocenters. The number of nitrogens with one attached hydrogen (secondary N) is 2. The van der Waals surface area contributed by atoms with E-state index in [2.05, 4.69) is 15.6 Å². The first-order valence-electron chi connectivity index (χ1n) is 7.64. The van der Waals surface area contributed by atoms with Gasteiger partial charge in [-0.3, -0.25) is 24.7 Å². The van der Waals surface area contributed by atoms with Crippen molar-refractivity contribution in [1.29, 1.82) is 0 Å². The van der Waals surface area contributed by atoms with Crippen LogP contribution in [0.25, 0.3) is 0 Å². The van der Waals surface area contributed by atoms with E-state index in [0.717, 1.165) is 24.5 Å². The maximum absolute atomic E-state index is 12.2. The SMILES string of the molecule is CS(=O)(=O)c1cc(C(=O)NCCNC(=O)c2cccnc2)cc([N+](=O)[O-])c1. The normalized spacial score (nSPS) is 10.9. The second kappa shape index (κ2) is 8.36. The van der Waals surface area contributed by atoms with Crippen LogP contribution in [0.4, 0.5) is 5.69 Å². The highest BCUT2D eigenvalue weighted by Gasteiger charge is 2.19. The van der Waals surface area contributed by atoms with E-state index < -0.39 is 26.4 Å². The van der Waals surface area contributed by atoms with Crippen molar-refractivity contribution in [1.82, 2.24) is 15.6 Å². The third-order valence-electron chi connectivity index (χ3n) is 3.41. The summed E-state index contributed by atoms with van der Waals surface area (Å²) in [6.45, 7) is 0.148. The number of benzene rings is 1.